The van der Waals surface area contributed by atoms with E-state index in [1.807, 2.05) is 6.07 Å². The fraction of sp³-hybridized carbons (Fsp3) is 0.200. The number of carbonyl (C=O) groups is 2. The molecule has 0 saturated heterocycles. The number of hydrogen-bond acceptors (Lipinski definition) is 3. The molecule has 0 bridgehead atoms. The molecule has 1 heterocycles. The summed E-state index contributed by atoms with van der Waals surface area (Å²) in [6.45, 7) is 0. The Kier molecular flexibility index (Phi) is 2.29. The molecule has 0 fully saturated rings. The number of benzene rings is 1. The molecule has 0 spiro atoms. The van der Waals surface area contributed by atoms with Crippen molar-refractivity contribution in [2.24, 2.45) is 0 Å². The zero-order valence-electron chi connectivity index (χ0n) is 7.32. The number of thioether (sulfide) groups is 1. The molecule has 72 valence electrons. The average molecular weight is 208 g/mol. The van der Waals surface area contributed by atoms with Crippen molar-refractivity contribution in [3.63, 3.8) is 0 Å². The predicted octanol–water partition coefficient (Wildman–Crippen LogP) is 1.60. The van der Waals surface area contributed by atoms with Gasteiger partial charge in [-0.25, -0.2) is 4.79 Å². The van der Waals surface area contributed by atoms with Gasteiger partial charge in [-0.05, 0) is 30.2 Å². The fourth-order valence-electron chi connectivity index (χ4n) is 1.45. The maximum atomic E-state index is 11.1. The second kappa shape index (κ2) is 3.46. The topological polar surface area (TPSA) is 54.4 Å². The molecule has 0 amide bonds. The number of ketones is 1. The van der Waals surface area contributed by atoms with E-state index in [0.717, 1.165) is 22.6 Å². The van der Waals surface area contributed by atoms with Crippen LogP contribution in [0.5, 0.6) is 0 Å². The fourth-order valence-corrected chi connectivity index (χ4v) is 2.50. The van der Waals surface area contributed by atoms with Gasteiger partial charge in [-0.2, -0.15) is 0 Å². The molecule has 1 aromatic carbocycles. The second-order valence-corrected chi connectivity index (χ2v) is 4.19. The number of hydrogen-bond donors (Lipinski definition) is 1. The van der Waals surface area contributed by atoms with Crippen molar-refractivity contribution in [2.45, 2.75) is 11.3 Å². The standard InChI is InChI=1S/C10H8O3S/c11-9(10(12)13)7-1-2-8-6(5-7)3-4-14-8/h1-2,5H,3-4H2,(H,12,13). The highest BCUT2D eigenvalue weighted by molar-refractivity contribution is 7.99. The van der Waals surface area contributed by atoms with Gasteiger partial charge in [0, 0.05) is 16.2 Å². The molecule has 0 unspecified atom stereocenters. The maximum Gasteiger partial charge on any atom is 0.377 e. The third-order valence-electron chi connectivity index (χ3n) is 2.15. The smallest absolute Gasteiger partial charge is 0.377 e. The molecule has 3 nitrogen and oxygen atoms in total. The van der Waals surface area contributed by atoms with E-state index in [0.29, 0.717) is 0 Å². The zero-order chi connectivity index (χ0) is 10.1. The number of Topliss-reactive ketones (excluding diaryl/α,β-unsaturated/α-hetero) is 1. The van der Waals surface area contributed by atoms with Crippen molar-refractivity contribution in [1.29, 1.82) is 0 Å². The van der Waals surface area contributed by atoms with Crippen molar-refractivity contribution in [3.8, 4) is 0 Å². The molecule has 1 aliphatic heterocycles. The van der Waals surface area contributed by atoms with Crippen LogP contribution in [0.1, 0.15) is 15.9 Å². The van der Waals surface area contributed by atoms with Crippen LogP contribution in [0.25, 0.3) is 0 Å². The van der Waals surface area contributed by atoms with Crippen molar-refractivity contribution in [1.82, 2.24) is 0 Å². The molecule has 0 atom stereocenters. The molecule has 2 rings (SSSR count). The van der Waals surface area contributed by atoms with E-state index in [9.17, 15) is 9.59 Å². The first kappa shape index (κ1) is 9.27. The number of aliphatic carboxylic acids is 1. The normalized spacial score (nSPS) is 13.7. The summed E-state index contributed by atoms with van der Waals surface area (Å²) in [6, 6.07) is 5.09. The molecule has 0 radical (unpaired) electrons. The van der Waals surface area contributed by atoms with Crippen LogP contribution in [0.2, 0.25) is 0 Å². The van der Waals surface area contributed by atoms with Crippen LogP contribution in [0, 0.1) is 0 Å². The van der Waals surface area contributed by atoms with E-state index in [2.05, 4.69) is 0 Å². The van der Waals surface area contributed by atoms with Crippen LogP contribution in [0.15, 0.2) is 23.1 Å². The number of carboxylic acids is 1. The Balaban J connectivity index is 2.38. The summed E-state index contributed by atoms with van der Waals surface area (Å²) in [7, 11) is 0. The highest BCUT2D eigenvalue weighted by Gasteiger charge is 2.18. The quantitative estimate of drug-likeness (QED) is 0.592. The molecule has 0 aromatic heterocycles. The SMILES string of the molecule is O=C(O)C(=O)c1ccc2c(c1)CCS2. The highest BCUT2D eigenvalue weighted by Crippen LogP contribution is 2.31. The predicted molar refractivity (Wildman–Crippen MR) is 52.8 cm³/mol. The van der Waals surface area contributed by atoms with E-state index >= 15 is 0 Å². The first-order chi connectivity index (χ1) is 6.68. The lowest BCUT2D eigenvalue weighted by atomic mass is 10.1. The van der Waals surface area contributed by atoms with Crippen molar-refractivity contribution in [2.75, 3.05) is 5.75 Å². The number of carbonyl (C=O) groups excluding carboxylic acids is 1. The van der Waals surface area contributed by atoms with E-state index in [-0.39, 0.29) is 5.56 Å². The van der Waals surface area contributed by atoms with Gasteiger partial charge in [0.25, 0.3) is 5.78 Å². The number of rotatable bonds is 2. The monoisotopic (exact) mass is 208 g/mol. The summed E-state index contributed by atoms with van der Waals surface area (Å²) in [5, 5.41) is 8.53. The lowest BCUT2D eigenvalue weighted by Crippen LogP contribution is -2.12. The summed E-state index contributed by atoms with van der Waals surface area (Å²) in [6.07, 6.45) is 0.917. The molecule has 1 aliphatic rings. The summed E-state index contributed by atoms with van der Waals surface area (Å²) in [5.74, 6) is -1.21. The Bertz CT molecular complexity index is 412. The zero-order valence-corrected chi connectivity index (χ0v) is 8.13. The van der Waals surface area contributed by atoms with Crippen molar-refractivity contribution >= 4 is 23.5 Å². The van der Waals surface area contributed by atoms with Crippen molar-refractivity contribution in [3.05, 3.63) is 29.3 Å². The van der Waals surface area contributed by atoms with E-state index in [4.69, 9.17) is 5.11 Å². The Morgan fingerprint density at radius 2 is 2.14 bits per heavy atom. The Morgan fingerprint density at radius 3 is 2.86 bits per heavy atom. The first-order valence-electron chi connectivity index (χ1n) is 4.22. The number of carboxylic acid groups (broad SMARTS) is 1. The van der Waals surface area contributed by atoms with Gasteiger partial charge in [-0.1, -0.05) is 0 Å². The summed E-state index contributed by atoms with van der Waals surface area (Å²) in [4.78, 5) is 22.7. The third kappa shape index (κ3) is 1.53. The second-order valence-electron chi connectivity index (χ2n) is 3.06. The van der Waals surface area contributed by atoms with Crippen LogP contribution < -0.4 is 0 Å². The van der Waals surface area contributed by atoms with E-state index in [1.54, 1.807) is 23.9 Å². The van der Waals surface area contributed by atoms with Crippen LogP contribution in [-0.2, 0) is 11.2 Å². The maximum absolute atomic E-state index is 11.1. The average Bonchev–Trinajstić information content (AvgIpc) is 2.62. The van der Waals surface area contributed by atoms with Gasteiger partial charge in [0.05, 0.1) is 0 Å². The van der Waals surface area contributed by atoms with Gasteiger partial charge < -0.3 is 5.11 Å². The molecule has 1 N–H and O–H groups in total. The third-order valence-corrected chi connectivity index (χ3v) is 3.26. The van der Waals surface area contributed by atoms with Crippen LogP contribution in [0.3, 0.4) is 0 Å². The van der Waals surface area contributed by atoms with Gasteiger partial charge >= 0.3 is 5.97 Å². The summed E-state index contributed by atoms with van der Waals surface area (Å²) < 4.78 is 0. The van der Waals surface area contributed by atoms with Crippen molar-refractivity contribution < 1.29 is 14.7 Å². The van der Waals surface area contributed by atoms with Crippen LogP contribution >= 0.6 is 11.8 Å². The van der Waals surface area contributed by atoms with E-state index < -0.39 is 11.8 Å². The Labute approximate surface area is 85.1 Å². The first-order valence-corrected chi connectivity index (χ1v) is 5.20. The molecule has 0 aliphatic carbocycles. The molecular weight excluding hydrogens is 200 g/mol. The number of fused-ring (bicyclic) bond motifs is 1. The van der Waals surface area contributed by atoms with E-state index in [1.165, 1.54) is 0 Å². The van der Waals surface area contributed by atoms with Gasteiger partial charge in [-0.15, -0.1) is 11.8 Å². The highest BCUT2D eigenvalue weighted by atomic mass is 32.2. The minimum absolute atomic E-state index is 0.277. The lowest BCUT2D eigenvalue weighted by molar-refractivity contribution is -0.131. The number of aryl methyl sites for hydroxylation is 1. The van der Waals surface area contributed by atoms with Gasteiger partial charge in [-0.3, -0.25) is 4.79 Å². The molecular formula is C10H8O3S. The van der Waals surface area contributed by atoms with Crippen LogP contribution in [0.4, 0.5) is 0 Å². The van der Waals surface area contributed by atoms with Crippen LogP contribution in [-0.4, -0.2) is 22.6 Å². The lowest BCUT2D eigenvalue weighted by Gasteiger charge is -2.00. The molecule has 14 heavy (non-hydrogen) atoms. The summed E-state index contributed by atoms with van der Waals surface area (Å²) in [5.41, 5.74) is 1.36. The molecule has 0 saturated carbocycles. The summed E-state index contributed by atoms with van der Waals surface area (Å²) >= 11 is 1.74. The van der Waals surface area contributed by atoms with Gasteiger partial charge in [0.2, 0.25) is 0 Å². The van der Waals surface area contributed by atoms with Gasteiger partial charge in [0.1, 0.15) is 0 Å². The largest absolute Gasteiger partial charge is 0.475 e. The van der Waals surface area contributed by atoms with Gasteiger partial charge in [0.15, 0.2) is 0 Å². The minimum atomic E-state index is -1.39. The Hall–Kier alpha value is -1.29. The Morgan fingerprint density at radius 1 is 1.36 bits per heavy atom. The molecule has 1 aromatic rings. The molecule has 4 heteroatoms. The minimum Gasteiger partial charge on any atom is -0.475 e.